The maximum absolute atomic E-state index is 13.6. The van der Waals surface area contributed by atoms with Crippen molar-refractivity contribution < 1.29 is 32.3 Å². The molecule has 2 rings (SSSR count). The highest BCUT2D eigenvalue weighted by Gasteiger charge is 2.26. The molecule has 0 radical (unpaired) electrons. The number of amides is 2. The van der Waals surface area contributed by atoms with E-state index in [9.17, 15) is 27.6 Å². The van der Waals surface area contributed by atoms with E-state index in [1.165, 1.54) is 11.6 Å². The van der Waals surface area contributed by atoms with Crippen LogP contribution in [-0.2, 0) is 20.9 Å². The van der Waals surface area contributed by atoms with E-state index >= 15 is 0 Å². The summed E-state index contributed by atoms with van der Waals surface area (Å²) in [5.41, 5.74) is -0.231. The van der Waals surface area contributed by atoms with Gasteiger partial charge in [0, 0.05) is 6.54 Å². The summed E-state index contributed by atoms with van der Waals surface area (Å²) in [6.45, 7) is 6.61. The van der Waals surface area contributed by atoms with Crippen LogP contribution in [0.15, 0.2) is 12.1 Å². The van der Waals surface area contributed by atoms with E-state index in [2.05, 4.69) is 10.4 Å². The lowest BCUT2D eigenvalue weighted by Crippen LogP contribution is -2.40. The van der Waals surface area contributed by atoms with Gasteiger partial charge in [-0.1, -0.05) is 25.4 Å². The van der Waals surface area contributed by atoms with Crippen LogP contribution in [0.3, 0.4) is 0 Å². The number of nitrogens with one attached hydrogen (secondary N) is 2. The smallest absolute Gasteiger partial charge is 0.343 e. The van der Waals surface area contributed by atoms with Gasteiger partial charge in [0.05, 0.1) is 17.9 Å². The highest BCUT2D eigenvalue weighted by Crippen LogP contribution is 2.22. The average molecular weight is 475 g/mol. The van der Waals surface area contributed by atoms with Crippen LogP contribution < -0.4 is 10.6 Å². The average Bonchev–Trinajstić information content (AvgIpc) is 2.98. The molecule has 2 N–H and O–H groups in total. The van der Waals surface area contributed by atoms with Crippen LogP contribution in [0, 0.1) is 30.3 Å². The first-order valence-corrected chi connectivity index (χ1v) is 9.95. The third-order valence-electron chi connectivity index (χ3n) is 4.19. The van der Waals surface area contributed by atoms with Crippen LogP contribution in [-0.4, -0.2) is 40.2 Å². The number of hydrogen-bond donors (Lipinski definition) is 2. The number of aromatic nitrogens is 2. The van der Waals surface area contributed by atoms with E-state index in [-0.39, 0.29) is 16.6 Å². The molecule has 1 heterocycles. The molecule has 0 aliphatic heterocycles. The zero-order valence-corrected chi connectivity index (χ0v) is 18.5. The molecule has 174 valence electrons. The van der Waals surface area contributed by atoms with Crippen molar-refractivity contribution in [2.45, 2.75) is 40.3 Å². The maximum atomic E-state index is 13.6. The minimum absolute atomic E-state index is 0.0264. The van der Waals surface area contributed by atoms with Crippen LogP contribution >= 0.6 is 11.6 Å². The molecular formula is C20H22ClF3N4O4. The molecule has 1 aromatic carbocycles. The summed E-state index contributed by atoms with van der Waals surface area (Å²) in [6.07, 6.45) is -1.29. The third kappa shape index (κ3) is 6.00. The van der Waals surface area contributed by atoms with Crippen LogP contribution in [0.1, 0.15) is 36.8 Å². The predicted octanol–water partition coefficient (Wildman–Crippen LogP) is 3.22. The first kappa shape index (κ1) is 25.2. The Balaban J connectivity index is 1.93. The first-order valence-electron chi connectivity index (χ1n) is 9.57. The Bertz CT molecular complexity index is 1040. The predicted molar refractivity (Wildman–Crippen MR) is 110 cm³/mol. The van der Waals surface area contributed by atoms with Crippen LogP contribution in [0.25, 0.3) is 0 Å². The molecule has 0 fully saturated rings. The number of halogens is 4. The Morgan fingerprint density at radius 2 is 1.81 bits per heavy atom. The maximum Gasteiger partial charge on any atom is 0.343 e. The van der Waals surface area contributed by atoms with Gasteiger partial charge < -0.3 is 15.4 Å². The molecule has 8 nitrogen and oxygen atoms in total. The van der Waals surface area contributed by atoms with Gasteiger partial charge in [0.25, 0.3) is 5.91 Å². The third-order valence-corrected chi connectivity index (χ3v) is 4.58. The Hall–Kier alpha value is -3.08. The summed E-state index contributed by atoms with van der Waals surface area (Å²) >= 11 is 6.21. The number of aryl methyl sites for hydroxylation is 1. The summed E-state index contributed by atoms with van der Waals surface area (Å²) in [5.74, 6) is -7.08. The number of rotatable bonds is 8. The number of ether oxygens (including phenoxy) is 1. The summed E-state index contributed by atoms with van der Waals surface area (Å²) in [7, 11) is 0. The van der Waals surface area contributed by atoms with E-state index in [1.807, 2.05) is 19.2 Å². The largest absolute Gasteiger partial charge is 0.449 e. The van der Waals surface area contributed by atoms with Crippen LogP contribution in [0.5, 0.6) is 0 Å². The minimum Gasteiger partial charge on any atom is -0.449 e. The first-order chi connectivity index (χ1) is 14.9. The van der Waals surface area contributed by atoms with Crippen molar-refractivity contribution in [3.8, 4) is 0 Å². The van der Waals surface area contributed by atoms with Crippen molar-refractivity contribution in [2.75, 3.05) is 11.9 Å². The molecule has 1 aromatic heterocycles. The molecule has 0 saturated heterocycles. The van der Waals surface area contributed by atoms with Gasteiger partial charge in [-0.3, -0.25) is 14.3 Å². The number of anilines is 1. The summed E-state index contributed by atoms with van der Waals surface area (Å²) < 4.78 is 46.3. The molecule has 2 amide bonds. The SMILES string of the molecule is Cc1nn(CC(C)C)c(Cl)c1C(=O)O[C@@H](C)C(=O)NCC(=O)Nc1ccc(F)c(F)c1F. The lowest BCUT2D eigenvalue weighted by molar-refractivity contribution is -0.130. The number of hydrogen-bond acceptors (Lipinski definition) is 5. The molecule has 2 aromatic rings. The lowest BCUT2D eigenvalue weighted by Gasteiger charge is -2.14. The zero-order chi connectivity index (χ0) is 24.2. The topological polar surface area (TPSA) is 102 Å². The van der Waals surface area contributed by atoms with Crippen LogP contribution in [0.4, 0.5) is 18.9 Å². The number of esters is 1. The lowest BCUT2D eigenvalue weighted by atomic mass is 10.2. The molecule has 12 heteroatoms. The molecule has 0 unspecified atom stereocenters. The van der Waals surface area contributed by atoms with Gasteiger partial charge in [-0.15, -0.1) is 0 Å². The number of carbonyl (C=O) groups excluding carboxylic acids is 3. The quantitative estimate of drug-likeness (QED) is 0.452. The second-order valence-electron chi connectivity index (χ2n) is 7.36. The van der Waals surface area contributed by atoms with Crippen molar-refractivity contribution in [1.29, 1.82) is 0 Å². The Labute approximate surface area is 187 Å². The second-order valence-corrected chi connectivity index (χ2v) is 7.72. The summed E-state index contributed by atoms with van der Waals surface area (Å²) in [5, 5.41) is 8.47. The normalized spacial score (nSPS) is 11.9. The Kier molecular flexibility index (Phi) is 8.25. The van der Waals surface area contributed by atoms with E-state index in [1.54, 1.807) is 6.92 Å². The fourth-order valence-electron chi connectivity index (χ4n) is 2.65. The fraction of sp³-hybridized carbons (Fsp3) is 0.400. The monoisotopic (exact) mass is 474 g/mol. The molecule has 32 heavy (non-hydrogen) atoms. The van der Waals surface area contributed by atoms with E-state index in [4.69, 9.17) is 16.3 Å². The Morgan fingerprint density at radius 1 is 1.16 bits per heavy atom. The molecule has 0 bridgehead atoms. The summed E-state index contributed by atoms with van der Waals surface area (Å²) in [6, 6.07) is 1.48. The Morgan fingerprint density at radius 3 is 2.44 bits per heavy atom. The minimum atomic E-state index is -1.74. The molecular weight excluding hydrogens is 453 g/mol. The number of benzene rings is 1. The van der Waals surface area contributed by atoms with Crippen molar-refractivity contribution in [3.05, 3.63) is 46.0 Å². The van der Waals surface area contributed by atoms with Gasteiger partial charge in [0.1, 0.15) is 10.7 Å². The van der Waals surface area contributed by atoms with Gasteiger partial charge in [0.15, 0.2) is 23.6 Å². The van der Waals surface area contributed by atoms with Crippen LogP contribution in [0.2, 0.25) is 5.15 Å². The van der Waals surface area contributed by atoms with Gasteiger partial charge in [0.2, 0.25) is 5.91 Å². The fourth-order valence-corrected chi connectivity index (χ4v) is 2.97. The van der Waals surface area contributed by atoms with Crippen molar-refractivity contribution >= 4 is 35.1 Å². The number of nitrogens with zero attached hydrogens (tertiary/aromatic N) is 2. The second kappa shape index (κ2) is 10.5. The molecule has 0 spiro atoms. The molecule has 0 saturated carbocycles. The highest BCUT2D eigenvalue weighted by molar-refractivity contribution is 6.32. The van der Waals surface area contributed by atoms with Gasteiger partial charge in [-0.2, -0.15) is 5.10 Å². The highest BCUT2D eigenvalue weighted by atomic mass is 35.5. The van der Waals surface area contributed by atoms with E-state index in [0.29, 0.717) is 18.3 Å². The zero-order valence-electron chi connectivity index (χ0n) is 17.8. The molecule has 0 aliphatic rings. The van der Waals surface area contributed by atoms with Crippen molar-refractivity contribution in [3.63, 3.8) is 0 Å². The number of carbonyl (C=O) groups is 3. The van der Waals surface area contributed by atoms with E-state index < -0.39 is 53.6 Å². The standard InChI is InChI=1S/C20H22ClF3N4O4/c1-9(2)8-28-18(21)15(10(3)27-28)20(31)32-11(4)19(30)25-7-14(29)26-13-6-5-12(22)16(23)17(13)24/h5-6,9,11H,7-8H2,1-4H3,(H,25,30)(H,26,29)/t11-/m0/s1. The van der Waals surface area contributed by atoms with Gasteiger partial charge in [-0.05, 0) is 31.9 Å². The van der Waals surface area contributed by atoms with Gasteiger partial charge in [-0.25, -0.2) is 18.0 Å². The van der Waals surface area contributed by atoms with Crippen molar-refractivity contribution in [1.82, 2.24) is 15.1 Å². The molecule has 1 atom stereocenters. The van der Waals surface area contributed by atoms with Gasteiger partial charge >= 0.3 is 5.97 Å². The summed E-state index contributed by atoms with van der Waals surface area (Å²) in [4.78, 5) is 36.5. The van der Waals surface area contributed by atoms with Crippen molar-refractivity contribution in [2.24, 2.45) is 5.92 Å². The molecule has 0 aliphatic carbocycles. The van der Waals surface area contributed by atoms with E-state index in [0.717, 1.165) is 6.07 Å².